The van der Waals surface area contributed by atoms with E-state index in [1.54, 1.807) is 24.8 Å². The molecule has 1 saturated heterocycles. The Bertz CT molecular complexity index is 1740. The summed E-state index contributed by atoms with van der Waals surface area (Å²) >= 11 is 0. The molecule has 2 aliphatic heterocycles. The highest BCUT2D eigenvalue weighted by Gasteiger charge is 2.34. The molecule has 0 spiro atoms. The Hall–Kier alpha value is -4.44. The van der Waals surface area contributed by atoms with Crippen LogP contribution in [0.25, 0.3) is 22.2 Å². The Morgan fingerprint density at radius 3 is 2.57 bits per heavy atom. The first-order chi connectivity index (χ1) is 20.6. The molecule has 7 rings (SSSR count). The summed E-state index contributed by atoms with van der Waals surface area (Å²) in [6.45, 7) is 3.89. The van der Waals surface area contributed by atoms with Crippen molar-refractivity contribution in [1.29, 1.82) is 0 Å². The molecule has 0 unspecified atom stereocenters. The Morgan fingerprint density at radius 1 is 0.929 bits per heavy atom. The van der Waals surface area contributed by atoms with Gasteiger partial charge in [-0.15, -0.1) is 5.10 Å². The van der Waals surface area contributed by atoms with Crippen LogP contribution in [0.5, 0.6) is 0 Å². The van der Waals surface area contributed by atoms with Gasteiger partial charge in [-0.1, -0.05) is 30.3 Å². The minimum absolute atomic E-state index is 0.173. The quantitative estimate of drug-likeness (QED) is 0.317. The second-order valence-electron chi connectivity index (χ2n) is 11.0. The lowest BCUT2D eigenvalue weighted by molar-refractivity contribution is 0.102. The maximum atomic E-state index is 13.9. The van der Waals surface area contributed by atoms with Crippen LogP contribution in [0.1, 0.15) is 39.9 Å². The van der Waals surface area contributed by atoms with E-state index < -0.39 is 11.6 Å². The summed E-state index contributed by atoms with van der Waals surface area (Å²) in [5.74, 6) is -1.79. The normalized spacial score (nSPS) is 15.7. The molecule has 0 saturated carbocycles. The Kier molecular flexibility index (Phi) is 6.99. The van der Waals surface area contributed by atoms with Crippen molar-refractivity contribution < 1.29 is 13.6 Å². The molecule has 1 amide bonds. The van der Waals surface area contributed by atoms with Crippen LogP contribution in [0.4, 0.5) is 14.5 Å². The molecule has 2 aromatic carbocycles. The average molecular weight is 568 g/mol. The molecule has 1 fully saturated rings. The molecule has 3 heterocycles. The van der Waals surface area contributed by atoms with Crippen molar-refractivity contribution >= 4 is 22.4 Å². The van der Waals surface area contributed by atoms with Crippen molar-refractivity contribution in [3.8, 4) is 11.4 Å². The summed E-state index contributed by atoms with van der Waals surface area (Å²) in [6.07, 6.45) is 9.50. The number of amides is 1. The maximum Gasteiger partial charge on any atom is 0.258 e. The van der Waals surface area contributed by atoms with Gasteiger partial charge in [0.05, 0.1) is 17.4 Å². The van der Waals surface area contributed by atoms with Crippen molar-refractivity contribution in [3.63, 3.8) is 0 Å². The first-order valence-corrected chi connectivity index (χ1v) is 14.5. The van der Waals surface area contributed by atoms with E-state index in [9.17, 15) is 13.6 Å². The molecule has 3 aromatic rings. The molecule has 0 atom stereocenters. The van der Waals surface area contributed by atoms with E-state index in [4.69, 9.17) is 0 Å². The van der Waals surface area contributed by atoms with Gasteiger partial charge in [0.25, 0.3) is 5.91 Å². The molecule has 8 nitrogen and oxygen atoms in total. The minimum atomic E-state index is -0.818. The Balaban J connectivity index is 1.12. The predicted octanol–water partition coefficient (Wildman–Crippen LogP) is 4.84. The predicted molar refractivity (Wildman–Crippen MR) is 157 cm³/mol. The summed E-state index contributed by atoms with van der Waals surface area (Å²) in [5.41, 5.74) is 5.94. The second kappa shape index (κ2) is 11.1. The molecule has 1 N–H and O–H groups in total. The fraction of sp³-hybridized carbons (Fsp3) is 0.312. The largest absolute Gasteiger partial charge is 0.320 e. The summed E-state index contributed by atoms with van der Waals surface area (Å²) < 4.78 is 26.9. The van der Waals surface area contributed by atoms with Gasteiger partial charge in [-0.05, 0) is 60.9 Å². The Labute approximate surface area is 242 Å². The minimum Gasteiger partial charge on any atom is -0.320 e. The molecule has 42 heavy (non-hydrogen) atoms. The molecule has 0 bridgehead atoms. The van der Waals surface area contributed by atoms with Crippen LogP contribution in [0.2, 0.25) is 0 Å². The van der Waals surface area contributed by atoms with Gasteiger partial charge in [0, 0.05) is 49.7 Å². The highest BCUT2D eigenvalue weighted by molar-refractivity contribution is 6.13. The molecule has 10 heteroatoms. The van der Waals surface area contributed by atoms with Gasteiger partial charge in [0.2, 0.25) is 0 Å². The number of benzene rings is 2. The molecular weight excluding hydrogens is 536 g/mol. The first-order valence-electron chi connectivity index (χ1n) is 14.5. The number of nitrogens with one attached hydrogen (secondary N) is 1. The highest BCUT2D eigenvalue weighted by Crippen LogP contribution is 2.40. The van der Waals surface area contributed by atoms with E-state index in [0.717, 1.165) is 86.0 Å². The topological polar surface area (TPSA) is 79.2 Å². The van der Waals surface area contributed by atoms with Crippen molar-refractivity contribution in [2.45, 2.75) is 32.1 Å². The van der Waals surface area contributed by atoms with E-state index in [1.807, 2.05) is 29.1 Å². The summed E-state index contributed by atoms with van der Waals surface area (Å²) in [5, 5.41) is 11.9. The number of halogens is 2. The van der Waals surface area contributed by atoms with Crippen molar-refractivity contribution in [1.82, 2.24) is 24.8 Å². The number of nitrogens with zero attached hydrogens (tertiary/aromatic N) is 6. The van der Waals surface area contributed by atoms with Gasteiger partial charge in [0.1, 0.15) is 17.7 Å². The molecule has 2 aliphatic carbocycles. The van der Waals surface area contributed by atoms with Crippen LogP contribution in [0.3, 0.4) is 0 Å². The van der Waals surface area contributed by atoms with E-state index in [-0.39, 0.29) is 5.91 Å². The third kappa shape index (κ3) is 4.85. The van der Waals surface area contributed by atoms with Crippen LogP contribution in [-0.4, -0.2) is 63.4 Å². The smallest absolute Gasteiger partial charge is 0.258 e. The number of hydrogen-bond acceptors (Lipinski definition) is 6. The van der Waals surface area contributed by atoms with Crippen molar-refractivity contribution in [2.24, 2.45) is 0 Å². The number of carbonyl (C=O) groups is 1. The maximum absolute atomic E-state index is 13.9. The zero-order chi connectivity index (χ0) is 28.6. The molecule has 1 aromatic heterocycles. The fourth-order valence-electron chi connectivity index (χ4n) is 6.37. The lowest BCUT2D eigenvalue weighted by atomic mass is 9.93. The number of anilines is 1. The van der Waals surface area contributed by atoms with Crippen LogP contribution in [0.15, 0.2) is 61.2 Å². The number of fused-ring (bicyclic) bond motifs is 4. The zero-order valence-corrected chi connectivity index (χ0v) is 23.2. The standard InChI is InChI=1S/C32H31F2N7O/c33-26-10-9-21(17-27(26)34)11-12-39-13-15-40(16-14-39)41-31-25-8-4-3-7-24(25)29(30(31)36-20-37-41)32(42)38-28-19-35-18-22-5-1-2-6-23(22)28/h1-2,5-6,9-10,17-20H,3-4,7-8,11-16H2,(H,38,42). The van der Waals surface area contributed by atoms with E-state index in [2.05, 4.69) is 30.3 Å². The first kappa shape index (κ1) is 26.5. The summed E-state index contributed by atoms with van der Waals surface area (Å²) in [4.78, 5) is 27.2. The van der Waals surface area contributed by atoms with E-state index in [0.29, 0.717) is 23.4 Å². The highest BCUT2D eigenvalue weighted by atomic mass is 19.2. The number of hydrogen-bond donors (Lipinski definition) is 1. The molecule has 0 radical (unpaired) electrons. The molecule has 214 valence electrons. The van der Waals surface area contributed by atoms with Crippen LogP contribution < -0.4 is 10.3 Å². The SMILES string of the molecule is O=C(Nc1cncc2ccccc12)c1c2ncnn(N3CCN(CCc4ccc(F)c(F)c4)CC3)c-2c2c1CCCC2. The van der Waals surface area contributed by atoms with Gasteiger partial charge in [-0.3, -0.25) is 19.7 Å². The zero-order valence-electron chi connectivity index (χ0n) is 23.2. The van der Waals surface area contributed by atoms with E-state index in [1.165, 1.54) is 17.7 Å². The van der Waals surface area contributed by atoms with Crippen LogP contribution in [0, 0.1) is 11.6 Å². The number of carbonyl (C=O) groups excluding carboxylic acids is 1. The van der Waals surface area contributed by atoms with Gasteiger partial charge in [0.15, 0.2) is 11.6 Å². The Morgan fingerprint density at radius 2 is 1.74 bits per heavy atom. The van der Waals surface area contributed by atoms with Gasteiger partial charge in [-0.2, -0.15) is 4.79 Å². The number of piperazine rings is 1. The third-order valence-electron chi connectivity index (χ3n) is 8.53. The number of rotatable bonds is 6. The van der Waals surface area contributed by atoms with E-state index >= 15 is 0 Å². The summed E-state index contributed by atoms with van der Waals surface area (Å²) in [7, 11) is 0. The van der Waals surface area contributed by atoms with Crippen molar-refractivity contribution in [3.05, 3.63) is 95.1 Å². The van der Waals surface area contributed by atoms with Crippen LogP contribution >= 0.6 is 0 Å². The van der Waals surface area contributed by atoms with Crippen LogP contribution in [-0.2, 0) is 19.3 Å². The number of pyridine rings is 1. The average Bonchev–Trinajstić information content (AvgIpc) is 3.37. The fourth-order valence-corrected chi connectivity index (χ4v) is 6.37. The van der Waals surface area contributed by atoms with Crippen molar-refractivity contribution in [2.75, 3.05) is 43.0 Å². The lowest BCUT2D eigenvalue weighted by Crippen LogP contribution is -2.52. The summed E-state index contributed by atoms with van der Waals surface area (Å²) in [6, 6.07) is 12.0. The van der Waals surface area contributed by atoms with Gasteiger partial charge in [-0.25, -0.2) is 13.8 Å². The lowest BCUT2D eigenvalue weighted by Gasteiger charge is -2.37. The van der Waals surface area contributed by atoms with Gasteiger partial charge < -0.3 is 5.32 Å². The van der Waals surface area contributed by atoms with Gasteiger partial charge >= 0.3 is 0 Å². The number of aromatic nitrogens is 4. The third-order valence-corrected chi connectivity index (χ3v) is 8.53. The second-order valence-corrected chi connectivity index (χ2v) is 11.0. The monoisotopic (exact) mass is 567 g/mol. The molecular formula is C32H31F2N7O. The molecule has 4 aliphatic rings.